The van der Waals surface area contributed by atoms with E-state index >= 15 is 0 Å². The lowest BCUT2D eigenvalue weighted by atomic mass is 10.1. The molecule has 0 spiro atoms. The number of benzene rings is 2. The highest BCUT2D eigenvalue weighted by Gasteiger charge is 2.31. The third-order valence-corrected chi connectivity index (χ3v) is 9.16. The lowest BCUT2D eigenvalue weighted by Gasteiger charge is -2.36. The first-order valence-electron chi connectivity index (χ1n) is 15.8. The van der Waals surface area contributed by atoms with Gasteiger partial charge in [-0.05, 0) is 75.2 Å². The van der Waals surface area contributed by atoms with Gasteiger partial charge >= 0.3 is 6.09 Å². The van der Waals surface area contributed by atoms with E-state index < -0.39 is 5.60 Å². The van der Waals surface area contributed by atoms with E-state index in [1.54, 1.807) is 11.1 Å². The van der Waals surface area contributed by atoms with Gasteiger partial charge < -0.3 is 24.3 Å². The van der Waals surface area contributed by atoms with Crippen LogP contribution in [-0.2, 0) is 42.3 Å². The third-order valence-electron chi connectivity index (χ3n) is 9.16. The van der Waals surface area contributed by atoms with Crippen LogP contribution in [0.4, 0.5) is 16.2 Å². The average Bonchev–Trinajstić information content (AvgIpc) is 3.74. The van der Waals surface area contributed by atoms with Gasteiger partial charge in [0.25, 0.3) is 0 Å². The van der Waals surface area contributed by atoms with Crippen molar-refractivity contribution in [1.29, 1.82) is 5.26 Å². The van der Waals surface area contributed by atoms with Crippen molar-refractivity contribution in [2.75, 3.05) is 36.0 Å². The zero-order chi connectivity index (χ0) is 32.2. The van der Waals surface area contributed by atoms with Crippen molar-refractivity contribution >= 4 is 34.3 Å². The Labute approximate surface area is 268 Å². The summed E-state index contributed by atoms with van der Waals surface area (Å²) in [6.07, 6.45) is 1.45. The molecule has 0 radical (unpaired) electrons. The Bertz CT molecular complexity index is 1890. The summed E-state index contributed by atoms with van der Waals surface area (Å²) in [6, 6.07) is 16.4. The minimum Gasteiger partial charge on any atom is -0.444 e. The zero-order valence-electron chi connectivity index (χ0n) is 26.8. The van der Waals surface area contributed by atoms with Crippen LogP contribution in [0.15, 0.2) is 48.7 Å². The summed E-state index contributed by atoms with van der Waals surface area (Å²) in [7, 11) is 0. The number of ether oxygens (including phenoxy) is 1. The van der Waals surface area contributed by atoms with Crippen molar-refractivity contribution in [2.24, 2.45) is 0 Å². The first kappa shape index (κ1) is 29.6. The van der Waals surface area contributed by atoms with E-state index in [4.69, 9.17) is 9.84 Å². The quantitative estimate of drug-likeness (QED) is 0.323. The number of anilines is 2. The number of pyridine rings is 1. The molecular formula is C35H38N8O3. The maximum absolute atomic E-state index is 13.5. The smallest absolute Gasteiger partial charge is 0.410 e. The van der Waals surface area contributed by atoms with Crippen LogP contribution in [0.1, 0.15) is 54.4 Å². The second-order valence-corrected chi connectivity index (χ2v) is 13.3. The van der Waals surface area contributed by atoms with Gasteiger partial charge in [-0.25, -0.2) is 4.79 Å². The Kier molecular flexibility index (Phi) is 7.31. The Hall–Kier alpha value is -5.11. The number of piperazine rings is 1. The SMILES string of the molecule is Cc1c2c(nn1CC(=O)N1Cc3ccc(N4CCN(C(=O)OC(C)(C)C)CC4)cc3C1)CN(c1ccc(C#N)c3ncccc13)C2. The molecule has 11 nitrogen and oxygen atoms in total. The summed E-state index contributed by atoms with van der Waals surface area (Å²) < 4.78 is 7.38. The van der Waals surface area contributed by atoms with Crippen LogP contribution in [0.3, 0.4) is 0 Å². The average molecular weight is 619 g/mol. The van der Waals surface area contributed by atoms with Crippen LogP contribution >= 0.6 is 0 Å². The fourth-order valence-corrected chi connectivity index (χ4v) is 6.71. The summed E-state index contributed by atoms with van der Waals surface area (Å²) in [5.74, 6) is 0.0500. The maximum atomic E-state index is 13.5. The van der Waals surface area contributed by atoms with Gasteiger partial charge in [-0.15, -0.1) is 0 Å². The predicted octanol–water partition coefficient (Wildman–Crippen LogP) is 4.73. The van der Waals surface area contributed by atoms with Crippen molar-refractivity contribution < 1.29 is 14.3 Å². The molecule has 0 saturated carbocycles. The van der Waals surface area contributed by atoms with Crippen molar-refractivity contribution in [3.8, 4) is 6.07 Å². The van der Waals surface area contributed by atoms with Crippen molar-refractivity contribution in [1.82, 2.24) is 24.6 Å². The molecule has 4 aromatic rings. The van der Waals surface area contributed by atoms with Crippen LogP contribution in [0, 0.1) is 18.3 Å². The second kappa shape index (κ2) is 11.4. The Morgan fingerprint density at radius 3 is 2.46 bits per heavy atom. The van der Waals surface area contributed by atoms with Crippen LogP contribution in [-0.4, -0.2) is 68.3 Å². The van der Waals surface area contributed by atoms with E-state index in [2.05, 4.69) is 39.1 Å². The van der Waals surface area contributed by atoms with E-state index in [0.29, 0.717) is 50.3 Å². The van der Waals surface area contributed by atoms with Gasteiger partial charge in [0.05, 0.1) is 23.3 Å². The normalized spacial score (nSPS) is 16.1. The molecular weight excluding hydrogens is 580 g/mol. The van der Waals surface area contributed by atoms with Gasteiger partial charge in [-0.3, -0.25) is 14.5 Å². The number of nitrogens with zero attached hydrogens (tertiary/aromatic N) is 8. The number of rotatable bonds is 4. The number of hydrogen-bond donors (Lipinski definition) is 0. The molecule has 0 aliphatic carbocycles. The van der Waals surface area contributed by atoms with Crippen LogP contribution in [0.25, 0.3) is 10.9 Å². The topological polar surface area (TPSA) is 111 Å². The largest absolute Gasteiger partial charge is 0.444 e. The number of aromatic nitrogens is 3. The molecule has 0 atom stereocenters. The van der Waals surface area contributed by atoms with Gasteiger partial charge in [-0.2, -0.15) is 10.4 Å². The molecule has 0 N–H and O–H groups in total. The number of hydrogen-bond acceptors (Lipinski definition) is 8. The summed E-state index contributed by atoms with van der Waals surface area (Å²) in [5, 5.41) is 15.3. The summed E-state index contributed by atoms with van der Waals surface area (Å²) in [5.41, 5.74) is 8.38. The minimum atomic E-state index is -0.504. The first-order chi connectivity index (χ1) is 22.1. The Balaban J connectivity index is 0.976. The van der Waals surface area contributed by atoms with E-state index in [0.717, 1.165) is 46.8 Å². The fraction of sp³-hybridized carbons (Fsp3) is 0.400. The highest BCUT2D eigenvalue weighted by atomic mass is 16.6. The fourth-order valence-electron chi connectivity index (χ4n) is 6.71. The highest BCUT2D eigenvalue weighted by molar-refractivity contribution is 5.95. The minimum absolute atomic E-state index is 0.0500. The summed E-state index contributed by atoms with van der Waals surface area (Å²) >= 11 is 0. The molecule has 1 saturated heterocycles. The first-order valence-corrected chi connectivity index (χ1v) is 15.8. The lowest BCUT2D eigenvalue weighted by Crippen LogP contribution is -2.50. The lowest BCUT2D eigenvalue weighted by molar-refractivity contribution is -0.132. The summed E-state index contributed by atoms with van der Waals surface area (Å²) in [6.45, 7) is 13.1. The van der Waals surface area contributed by atoms with Crippen molar-refractivity contribution in [3.63, 3.8) is 0 Å². The molecule has 2 amide bonds. The molecule has 7 rings (SSSR count). The van der Waals surface area contributed by atoms with Gasteiger partial charge in [0.2, 0.25) is 5.91 Å². The molecule has 5 heterocycles. The van der Waals surface area contributed by atoms with Gasteiger partial charge in [0.1, 0.15) is 18.2 Å². The molecule has 3 aliphatic rings. The molecule has 0 unspecified atom stereocenters. The highest BCUT2D eigenvalue weighted by Crippen LogP contribution is 2.35. The molecule has 46 heavy (non-hydrogen) atoms. The number of carbonyl (C=O) groups excluding carboxylic acids is 2. The molecule has 11 heteroatoms. The zero-order valence-corrected chi connectivity index (χ0v) is 26.8. The van der Waals surface area contributed by atoms with E-state index in [-0.39, 0.29) is 18.5 Å². The number of fused-ring (bicyclic) bond motifs is 3. The maximum Gasteiger partial charge on any atom is 0.410 e. The number of carbonyl (C=O) groups is 2. The van der Waals surface area contributed by atoms with E-state index in [1.807, 2.05) is 61.5 Å². The van der Waals surface area contributed by atoms with Gasteiger partial charge in [0.15, 0.2) is 0 Å². The van der Waals surface area contributed by atoms with Crippen molar-refractivity contribution in [3.05, 3.63) is 82.3 Å². The molecule has 1 fully saturated rings. The monoisotopic (exact) mass is 618 g/mol. The predicted molar refractivity (Wildman–Crippen MR) is 174 cm³/mol. The third kappa shape index (κ3) is 5.49. The molecule has 0 bridgehead atoms. The summed E-state index contributed by atoms with van der Waals surface area (Å²) in [4.78, 5) is 38.7. The number of nitriles is 1. The van der Waals surface area contributed by atoms with Crippen LogP contribution < -0.4 is 9.80 Å². The number of amides is 2. The van der Waals surface area contributed by atoms with Crippen LogP contribution in [0.2, 0.25) is 0 Å². The van der Waals surface area contributed by atoms with E-state index in [1.165, 1.54) is 11.1 Å². The molecule has 2 aromatic heterocycles. The Morgan fingerprint density at radius 2 is 1.72 bits per heavy atom. The molecule has 2 aromatic carbocycles. The Morgan fingerprint density at radius 1 is 0.935 bits per heavy atom. The van der Waals surface area contributed by atoms with Crippen LogP contribution in [0.5, 0.6) is 0 Å². The molecule has 236 valence electrons. The second-order valence-electron chi connectivity index (χ2n) is 13.3. The standard InChI is InChI=1S/C35H38N8O3/c1-23-29-20-41(31-10-8-24(17-36)33-28(31)6-5-11-37-33)21-30(29)38-43(23)22-32(44)42-18-25-7-9-27(16-26(25)19-42)39-12-14-40(15-13-39)34(45)46-35(2,3)4/h5-11,16H,12-15,18-22H2,1-4H3. The van der Waals surface area contributed by atoms with Gasteiger partial charge in [-0.1, -0.05) is 6.07 Å². The van der Waals surface area contributed by atoms with E-state index in [9.17, 15) is 14.9 Å². The van der Waals surface area contributed by atoms with Crippen molar-refractivity contribution in [2.45, 2.75) is 66.0 Å². The molecule has 3 aliphatic heterocycles. The van der Waals surface area contributed by atoms with Gasteiger partial charge in [0, 0.05) is 80.0 Å².